The number of rotatable bonds is 3. The summed E-state index contributed by atoms with van der Waals surface area (Å²) in [5.41, 5.74) is 2.27. The van der Waals surface area contributed by atoms with E-state index in [2.05, 4.69) is 14.7 Å². The molecule has 0 aliphatic heterocycles. The first-order valence-electron chi connectivity index (χ1n) is 7.43. The topological polar surface area (TPSA) is 72.0 Å². The quantitative estimate of drug-likeness (QED) is 0.594. The first kappa shape index (κ1) is 15.7. The number of carbonyl (C=O) groups is 1. The fourth-order valence-corrected chi connectivity index (χ4v) is 2.46. The number of hydrogen-bond acceptors (Lipinski definition) is 4. The molecule has 0 spiro atoms. The van der Waals surface area contributed by atoms with Crippen LogP contribution >= 0.6 is 0 Å². The average molecular weight is 320 g/mol. The van der Waals surface area contributed by atoms with E-state index in [1.807, 2.05) is 36.4 Å². The lowest BCUT2D eigenvalue weighted by molar-refractivity contribution is -0.134. The fourth-order valence-electron chi connectivity index (χ4n) is 2.46. The minimum atomic E-state index is -0.389. The summed E-state index contributed by atoms with van der Waals surface area (Å²) in [7, 11) is 1.35. The Morgan fingerprint density at radius 3 is 2.62 bits per heavy atom. The first-order chi connectivity index (χ1) is 11.5. The van der Waals surface area contributed by atoms with Gasteiger partial charge in [0, 0.05) is 23.4 Å². The molecule has 0 aliphatic rings. The Kier molecular flexibility index (Phi) is 4.24. The minimum absolute atomic E-state index is 0.166. The Balaban J connectivity index is 1.99. The highest BCUT2D eigenvalue weighted by Gasteiger charge is 2.04. The van der Waals surface area contributed by atoms with Crippen LogP contribution in [0.3, 0.4) is 0 Å². The second-order valence-corrected chi connectivity index (χ2v) is 5.41. The van der Waals surface area contributed by atoms with Crippen LogP contribution in [0.25, 0.3) is 28.2 Å². The van der Waals surface area contributed by atoms with Crippen molar-refractivity contribution < 1.29 is 9.53 Å². The van der Waals surface area contributed by atoms with Gasteiger partial charge in [-0.3, -0.25) is 4.79 Å². The number of methoxy groups -OCH3 is 1. The first-order valence-corrected chi connectivity index (χ1v) is 7.43. The number of H-pyrrole nitrogens is 1. The molecule has 0 amide bonds. The molecular weight excluding hydrogens is 304 g/mol. The predicted molar refractivity (Wildman–Crippen MR) is 93.6 cm³/mol. The third-order valence-corrected chi connectivity index (χ3v) is 3.62. The second-order valence-electron chi connectivity index (χ2n) is 5.41. The van der Waals surface area contributed by atoms with Gasteiger partial charge in [-0.1, -0.05) is 24.3 Å². The molecule has 0 aliphatic carbocycles. The lowest BCUT2D eigenvalue weighted by Crippen LogP contribution is -2.08. The monoisotopic (exact) mass is 320 g/mol. The third kappa shape index (κ3) is 3.41. The number of nitrogens with one attached hydrogen (secondary N) is 1. The molecule has 24 heavy (non-hydrogen) atoms. The summed E-state index contributed by atoms with van der Waals surface area (Å²) < 4.78 is 4.58. The van der Waals surface area contributed by atoms with Crippen molar-refractivity contribution in [1.29, 1.82) is 0 Å². The van der Waals surface area contributed by atoms with Gasteiger partial charge < -0.3 is 9.72 Å². The van der Waals surface area contributed by atoms with Crippen LogP contribution in [0.5, 0.6) is 0 Å². The number of aryl methyl sites for hydroxylation is 1. The highest BCUT2D eigenvalue weighted by atomic mass is 16.5. The zero-order valence-corrected chi connectivity index (χ0v) is 13.4. The molecule has 120 valence electrons. The largest absolute Gasteiger partial charge is 0.466 e. The molecule has 1 aromatic heterocycles. The number of fused-ring (bicyclic) bond motifs is 1. The number of aromatic amines is 1. The molecule has 0 fully saturated rings. The van der Waals surface area contributed by atoms with Gasteiger partial charge in [0.2, 0.25) is 0 Å². The number of benzene rings is 2. The molecule has 1 N–H and O–H groups in total. The predicted octanol–water partition coefficient (Wildman–Crippen LogP) is 3.08. The molecule has 0 unspecified atom stereocenters. The molecule has 0 atom stereocenters. The summed E-state index contributed by atoms with van der Waals surface area (Å²) in [6, 6.07) is 13.2. The molecule has 3 rings (SSSR count). The lowest BCUT2D eigenvalue weighted by Gasteiger charge is -2.05. The van der Waals surface area contributed by atoms with E-state index < -0.39 is 0 Å². The van der Waals surface area contributed by atoms with Crippen LogP contribution in [0.4, 0.5) is 0 Å². The van der Waals surface area contributed by atoms with Crippen molar-refractivity contribution in [3.8, 4) is 11.4 Å². The Morgan fingerprint density at radius 1 is 1.12 bits per heavy atom. The fraction of sp³-hybridized carbons (Fsp3) is 0.105. The van der Waals surface area contributed by atoms with Gasteiger partial charge in [-0.2, -0.15) is 0 Å². The molecule has 0 radical (unpaired) electrons. The van der Waals surface area contributed by atoms with Gasteiger partial charge in [-0.15, -0.1) is 0 Å². The van der Waals surface area contributed by atoms with Gasteiger partial charge in [0.05, 0.1) is 7.11 Å². The molecule has 2 aromatic carbocycles. The van der Waals surface area contributed by atoms with Crippen LogP contribution in [0.1, 0.15) is 11.3 Å². The summed E-state index contributed by atoms with van der Waals surface area (Å²) in [6.45, 7) is 1.79. The van der Waals surface area contributed by atoms with E-state index in [-0.39, 0.29) is 11.5 Å². The van der Waals surface area contributed by atoms with Gasteiger partial charge in [-0.25, -0.2) is 9.78 Å². The standard InChI is InChI=1S/C19H16N2O3/c1-12-9-17(22)21-19(20-12)16-7-6-14-10-13(3-5-15(14)11-16)4-8-18(23)24-2/h3-11H,1-2H3,(H,20,21,22)/b8-4+. The molecule has 1 heterocycles. The van der Waals surface area contributed by atoms with Crippen LogP contribution in [0.15, 0.2) is 53.3 Å². The van der Waals surface area contributed by atoms with Crippen molar-refractivity contribution >= 4 is 22.8 Å². The molecule has 0 bridgehead atoms. The third-order valence-electron chi connectivity index (χ3n) is 3.62. The zero-order valence-electron chi connectivity index (χ0n) is 13.4. The van der Waals surface area contributed by atoms with E-state index in [9.17, 15) is 9.59 Å². The van der Waals surface area contributed by atoms with Crippen molar-refractivity contribution in [1.82, 2.24) is 9.97 Å². The number of esters is 1. The Bertz CT molecular complexity index is 1000. The van der Waals surface area contributed by atoms with Crippen molar-refractivity contribution in [3.63, 3.8) is 0 Å². The van der Waals surface area contributed by atoms with Gasteiger partial charge in [-0.05, 0) is 41.5 Å². The van der Waals surface area contributed by atoms with E-state index in [1.165, 1.54) is 19.3 Å². The van der Waals surface area contributed by atoms with Crippen LogP contribution in [0, 0.1) is 6.92 Å². The molecule has 3 aromatic rings. The molecule has 5 heteroatoms. The van der Waals surface area contributed by atoms with Crippen molar-refractivity contribution in [3.05, 3.63) is 70.2 Å². The van der Waals surface area contributed by atoms with Gasteiger partial charge in [0.1, 0.15) is 5.82 Å². The van der Waals surface area contributed by atoms with E-state index >= 15 is 0 Å². The molecule has 0 saturated heterocycles. The minimum Gasteiger partial charge on any atom is -0.466 e. The maximum atomic E-state index is 11.6. The van der Waals surface area contributed by atoms with E-state index in [1.54, 1.807) is 13.0 Å². The lowest BCUT2D eigenvalue weighted by atomic mass is 10.0. The summed E-state index contributed by atoms with van der Waals surface area (Å²) in [4.78, 5) is 29.9. The van der Waals surface area contributed by atoms with Crippen molar-refractivity contribution in [2.45, 2.75) is 6.92 Å². The van der Waals surface area contributed by atoms with Gasteiger partial charge >= 0.3 is 5.97 Å². The molecular formula is C19H16N2O3. The van der Waals surface area contributed by atoms with E-state index in [4.69, 9.17) is 0 Å². The maximum Gasteiger partial charge on any atom is 0.330 e. The summed E-state index contributed by atoms with van der Waals surface area (Å²) >= 11 is 0. The molecule has 0 saturated carbocycles. The van der Waals surface area contributed by atoms with Gasteiger partial charge in [0.15, 0.2) is 0 Å². The Hall–Kier alpha value is -3.21. The Morgan fingerprint density at radius 2 is 1.88 bits per heavy atom. The van der Waals surface area contributed by atoms with Crippen LogP contribution < -0.4 is 5.56 Å². The van der Waals surface area contributed by atoms with Crippen molar-refractivity contribution in [2.75, 3.05) is 7.11 Å². The normalized spacial score (nSPS) is 11.1. The number of hydrogen-bond donors (Lipinski definition) is 1. The summed E-state index contributed by atoms with van der Waals surface area (Å²) in [5, 5.41) is 2.05. The number of carbonyl (C=O) groups excluding carboxylic acids is 1. The van der Waals surface area contributed by atoms with Crippen LogP contribution in [-0.2, 0) is 9.53 Å². The van der Waals surface area contributed by atoms with Crippen molar-refractivity contribution in [2.24, 2.45) is 0 Å². The molecule has 5 nitrogen and oxygen atoms in total. The van der Waals surface area contributed by atoms with Crippen LogP contribution in [0.2, 0.25) is 0 Å². The van der Waals surface area contributed by atoms with E-state index in [0.29, 0.717) is 11.5 Å². The van der Waals surface area contributed by atoms with Gasteiger partial charge in [0.25, 0.3) is 5.56 Å². The number of nitrogens with zero attached hydrogens (tertiary/aromatic N) is 1. The highest BCUT2D eigenvalue weighted by Crippen LogP contribution is 2.23. The summed E-state index contributed by atoms with van der Waals surface area (Å²) in [6.07, 6.45) is 3.09. The maximum absolute atomic E-state index is 11.6. The smallest absolute Gasteiger partial charge is 0.330 e. The Labute approximate surface area is 138 Å². The SMILES string of the molecule is COC(=O)/C=C/c1ccc2cc(-c3nc(C)cc(=O)[nH]3)ccc2c1. The number of ether oxygens (including phenoxy) is 1. The summed E-state index contributed by atoms with van der Waals surface area (Å²) in [5.74, 6) is 0.163. The highest BCUT2D eigenvalue weighted by molar-refractivity contribution is 5.91. The van der Waals surface area contributed by atoms with E-state index in [0.717, 1.165) is 21.9 Å². The average Bonchev–Trinajstić information content (AvgIpc) is 2.58. The number of aromatic nitrogens is 2. The second kappa shape index (κ2) is 6.50. The van der Waals surface area contributed by atoms with Crippen LogP contribution in [-0.4, -0.2) is 23.0 Å². The zero-order chi connectivity index (χ0) is 17.1.